The number of anilines is 1. The van der Waals surface area contributed by atoms with Gasteiger partial charge in [0.15, 0.2) is 0 Å². The Morgan fingerprint density at radius 3 is 3.00 bits per heavy atom. The molecule has 3 heteroatoms. The van der Waals surface area contributed by atoms with E-state index in [4.69, 9.17) is 5.26 Å². The van der Waals surface area contributed by atoms with Crippen molar-refractivity contribution in [2.24, 2.45) is 5.92 Å². The first kappa shape index (κ1) is 10.9. The lowest BCUT2D eigenvalue weighted by molar-refractivity contribution is 0.686. The van der Waals surface area contributed by atoms with E-state index < -0.39 is 0 Å². The number of nitriles is 1. The van der Waals surface area contributed by atoms with Crippen LogP contribution in [0.5, 0.6) is 0 Å². The molecule has 1 N–H and O–H groups in total. The van der Waals surface area contributed by atoms with Gasteiger partial charge in [0, 0.05) is 12.2 Å². The summed E-state index contributed by atoms with van der Waals surface area (Å²) in [4.78, 5) is 4.34. The first-order valence-corrected chi connectivity index (χ1v) is 5.91. The van der Waals surface area contributed by atoms with Crippen LogP contribution < -0.4 is 5.32 Å². The predicted molar refractivity (Wildman–Crippen MR) is 64.1 cm³/mol. The summed E-state index contributed by atoms with van der Waals surface area (Å²) in [6, 6.07) is 5.85. The fourth-order valence-corrected chi connectivity index (χ4v) is 1.79. The van der Waals surface area contributed by atoms with E-state index in [-0.39, 0.29) is 0 Å². The van der Waals surface area contributed by atoms with E-state index in [1.807, 2.05) is 19.1 Å². The predicted octanol–water partition coefficient (Wildman–Crippen LogP) is 2.86. The maximum atomic E-state index is 8.93. The average molecular weight is 215 g/mol. The van der Waals surface area contributed by atoms with Crippen LogP contribution >= 0.6 is 0 Å². The van der Waals surface area contributed by atoms with Gasteiger partial charge in [-0.25, -0.2) is 4.98 Å². The number of nitrogens with one attached hydrogen (secondary N) is 1. The van der Waals surface area contributed by atoms with Crippen molar-refractivity contribution >= 4 is 5.82 Å². The van der Waals surface area contributed by atoms with Crippen molar-refractivity contribution in [1.29, 1.82) is 5.26 Å². The number of hydrogen-bond acceptors (Lipinski definition) is 3. The molecule has 2 rings (SSSR count). The first-order valence-electron chi connectivity index (χ1n) is 5.91. The van der Waals surface area contributed by atoms with Crippen LogP contribution in [-0.4, -0.2) is 11.5 Å². The molecule has 0 aromatic carbocycles. The van der Waals surface area contributed by atoms with Crippen molar-refractivity contribution in [3.63, 3.8) is 0 Å². The molecule has 0 bridgehead atoms. The Bertz CT molecular complexity index is 402. The largest absolute Gasteiger partial charge is 0.369 e. The third-order valence-electron chi connectivity index (χ3n) is 2.93. The molecular weight excluding hydrogens is 198 g/mol. The number of aromatic nitrogens is 1. The maximum Gasteiger partial charge on any atom is 0.144 e. The minimum absolute atomic E-state index is 0.636. The van der Waals surface area contributed by atoms with Crippen LogP contribution in [0.2, 0.25) is 0 Å². The van der Waals surface area contributed by atoms with E-state index in [1.54, 1.807) is 0 Å². The minimum atomic E-state index is 0.636. The highest BCUT2D eigenvalue weighted by Gasteiger charge is 2.19. The smallest absolute Gasteiger partial charge is 0.144 e. The number of pyridine rings is 1. The van der Waals surface area contributed by atoms with Crippen molar-refractivity contribution in [2.75, 3.05) is 11.9 Å². The second-order valence-corrected chi connectivity index (χ2v) is 4.47. The van der Waals surface area contributed by atoms with E-state index in [1.165, 1.54) is 25.7 Å². The average Bonchev–Trinajstić information content (AvgIpc) is 3.08. The Morgan fingerprint density at radius 1 is 1.50 bits per heavy atom. The van der Waals surface area contributed by atoms with Crippen LogP contribution in [0.3, 0.4) is 0 Å². The standard InChI is InChI=1S/C13H17N3/c1-10-4-7-12(9-14)13(16-10)15-8-2-3-11-5-6-11/h4,7,11H,2-3,5-6,8H2,1H3,(H,15,16). The normalized spacial score (nSPS) is 14.5. The molecule has 1 aromatic rings. The van der Waals surface area contributed by atoms with Crippen molar-refractivity contribution in [3.05, 3.63) is 23.4 Å². The highest BCUT2D eigenvalue weighted by Crippen LogP contribution is 2.33. The molecule has 0 spiro atoms. The lowest BCUT2D eigenvalue weighted by Gasteiger charge is -2.07. The van der Waals surface area contributed by atoms with Gasteiger partial charge in [-0.05, 0) is 37.8 Å². The minimum Gasteiger partial charge on any atom is -0.369 e. The molecule has 1 aliphatic carbocycles. The molecule has 0 aliphatic heterocycles. The third kappa shape index (κ3) is 2.96. The maximum absolute atomic E-state index is 8.93. The zero-order chi connectivity index (χ0) is 11.4. The highest BCUT2D eigenvalue weighted by atomic mass is 15.0. The van der Waals surface area contributed by atoms with E-state index in [0.717, 1.165) is 24.0 Å². The zero-order valence-electron chi connectivity index (χ0n) is 9.66. The molecule has 0 amide bonds. The molecule has 0 unspecified atom stereocenters. The quantitative estimate of drug-likeness (QED) is 0.768. The van der Waals surface area contributed by atoms with Crippen LogP contribution in [-0.2, 0) is 0 Å². The van der Waals surface area contributed by atoms with Gasteiger partial charge in [-0.15, -0.1) is 0 Å². The SMILES string of the molecule is Cc1ccc(C#N)c(NCCCC2CC2)n1. The molecule has 1 aromatic heterocycles. The second kappa shape index (κ2) is 4.98. The fraction of sp³-hybridized carbons (Fsp3) is 0.538. The van der Waals surface area contributed by atoms with Crippen LogP contribution in [0, 0.1) is 24.2 Å². The second-order valence-electron chi connectivity index (χ2n) is 4.47. The summed E-state index contributed by atoms with van der Waals surface area (Å²) in [6.07, 6.45) is 5.30. The van der Waals surface area contributed by atoms with Crippen molar-refractivity contribution in [2.45, 2.75) is 32.6 Å². The third-order valence-corrected chi connectivity index (χ3v) is 2.93. The summed E-state index contributed by atoms with van der Waals surface area (Å²) in [5, 5.41) is 12.2. The van der Waals surface area contributed by atoms with Crippen LogP contribution in [0.15, 0.2) is 12.1 Å². The molecule has 0 saturated heterocycles. The van der Waals surface area contributed by atoms with Crippen molar-refractivity contribution in [3.8, 4) is 6.07 Å². The summed E-state index contributed by atoms with van der Waals surface area (Å²) in [7, 11) is 0. The van der Waals surface area contributed by atoms with Gasteiger partial charge in [-0.2, -0.15) is 5.26 Å². The summed E-state index contributed by atoms with van der Waals surface area (Å²) in [5.41, 5.74) is 1.58. The van der Waals surface area contributed by atoms with Gasteiger partial charge in [0.2, 0.25) is 0 Å². The van der Waals surface area contributed by atoms with Crippen LogP contribution in [0.25, 0.3) is 0 Å². The lowest BCUT2D eigenvalue weighted by Crippen LogP contribution is -2.06. The van der Waals surface area contributed by atoms with Gasteiger partial charge in [0.25, 0.3) is 0 Å². The van der Waals surface area contributed by atoms with Gasteiger partial charge < -0.3 is 5.32 Å². The Hall–Kier alpha value is -1.56. The topological polar surface area (TPSA) is 48.7 Å². The van der Waals surface area contributed by atoms with Gasteiger partial charge in [0.05, 0.1) is 5.56 Å². The van der Waals surface area contributed by atoms with E-state index in [0.29, 0.717) is 5.56 Å². The Kier molecular flexibility index (Phi) is 3.40. The monoisotopic (exact) mass is 215 g/mol. The Labute approximate surface area is 96.5 Å². The number of nitrogens with zero attached hydrogens (tertiary/aromatic N) is 2. The van der Waals surface area contributed by atoms with Gasteiger partial charge in [-0.1, -0.05) is 12.8 Å². The summed E-state index contributed by atoms with van der Waals surface area (Å²) >= 11 is 0. The van der Waals surface area contributed by atoms with Crippen molar-refractivity contribution < 1.29 is 0 Å². The summed E-state index contributed by atoms with van der Waals surface area (Å²) < 4.78 is 0. The van der Waals surface area contributed by atoms with E-state index >= 15 is 0 Å². The molecule has 16 heavy (non-hydrogen) atoms. The Balaban J connectivity index is 1.86. The van der Waals surface area contributed by atoms with Gasteiger partial charge in [-0.3, -0.25) is 0 Å². The molecule has 1 heterocycles. The van der Waals surface area contributed by atoms with E-state index in [9.17, 15) is 0 Å². The molecule has 1 fully saturated rings. The van der Waals surface area contributed by atoms with Crippen LogP contribution in [0.1, 0.15) is 36.9 Å². The molecule has 0 atom stereocenters. The number of hydrogen-bond donors (Lipinski definition) is 1. The van der Waals surface area contributed by atoms with E-state index in [2.05, 4.69) is 16.4 Å². The van der Waals surface area contributed by atoms with Gasteiger partial charge >= 0.3 is 0 Å². The molecule has 3 nitrogen and oxygen atoms in total. The first-order chi connectivity index (χ1) is 7.79. The fourth-order valence-electron chi connectivity index (χ4n) is 1.79. The molecule has 84 valence electrons. The zero-order valence-corrected chi connectivity index (χ0v) is 9.66. The van der Waals surface area contributed by atoms with Gasteiger partial charge in [0.1, 0.15) is 11.9 Å². The molecule has 1 aliphatic rings. The highest BCUT2D eigenvalue weighted by molar-refractivity contribution is 5.52. The molecular formula is C13H17N3. The molecule has 1 saturated carbocycles. The van der Waals surface area contributed by atoms with Crippen LogP contribution in [0.4, 0.5) is 5.82 Å². The van der Waals surface area contributed by atoms with Crippen molar-refractivity contribution in [1.82, 2.24) is 4.98 Å². The molecule has 0 radical (unpaired) electrons. The number of aryl methyl sites for hydroxylation is 1. The summed E-state index contributed by atoms with van der Waals surface area (Å²) in [5.74, 6) is 1.71. The summed E-state index contributed by atoms with van der Waals surface area (Å²) in [6.45, 7) is 2.86. The lowest BCUT2D eigenvalue weighted by atomic mass is 10.2. The Morgan fingerprint density at radius 2 is 2.31 bits per heavy atom. The number of rotatable bonds is 5.